The van der Waals surface area contributed by atoms with Crippen molar-refractivity contribution in [1.29, 1.82) is 0 Å². The second-order valence-corrected chi connectivity index (χ2v) is 10.7. The van der Waals surface area contributed by atoms with Crippen molar-refractivity contribution in [3.63, 3.8) is 0 Å². The lowest BCUT2D eigenvalue weighted by Crippen LogP contribution is -2.60. The average Bonchev–Trinajstić information content (AvgIpc) is 2.69. The molecular weight excluding hydrogens is 468 g/mol. The van der Waals surface area contributed by atoms with Gasteiger partial charge in [0, 0.05) is 53.6 Å². The van der Waals surface area contributed by atoms with E-state index in [4.69, 9.17) is 16.3 Å². The van der Waals surface area contributed by atoms with E-state index in [1.807, 2.05) is 60.6 Å². The number of ether oxygens (including phenoxy) is 1. The van der Waals surface area contributed by atoms with Crippen LogP contribution in [-0.4, -0.2) is 46.6 Å². The summed E-state index contributed by atoms with van der Waals surface area (Å²) in [6, 6.07) is 5.40. The summed E-state index contributed by atoms with van der Waals surface area (Å²) in [6.07, 6.45) is -0.316. The lowest BCUT2D eigenvalue weighted by atomic mass is 9.95. The maximum atomic E-state index is 13.0. The lowest BCUT2D eigenvalue weighted by molar-refractivity contribution is 0.00432. The Balaban J connectivity index is 1.66. The molecule has 1 aromatic heterocycles. The van der Waals surface area contributed by atoms with Gasteiger partial charge in [-0.3, -0.25) is 9.59 Å². The van der Waals surface area contributed by atoms with Crippen molar-refractivity contribution in [3.05, 3.63) is 67.1 Å². The van der Waals surface area contributed by atoms with Crippen LogP contribution in [0.15, 0.2) is 23.0 Å². The summed E-state index contributed by atoms with van der Waals surface area (Å²) in [6.45, 7) is 14.3. The Hall–Kier alpha value is -2.84. The number of aryl methyl sites for hydroxylation is 2. The number of nitrogens with zero attached hydrogens (tertiary/aromatic N) is 1. The highest BCUT2D eigenvalue weighted by Crippen LogP contribution is 2.27. The molecule has 3 N–H and O–H groups in total. The Kier molecular flexibility index (Phi) is 7.97. The van der Waals surface area contributed by atoms with Crippen molar-refractivity contribution in [1.82, 2.24) is 20.5 Å². The van der Waals surface area contributed by atoms with Crippen molar-refractivity contribution in [2.75, 3.05) is 13.1 Å². The normalized spacial score (nSPS) is 14.9. The zero-order valence-electron chi connectivity index (χ0n) is 21.5. The van der Waals surface area contributed by atoms with E-state index in [-0.39, 0.29) is 36.2 Å². The summed E-state index contributed by atoms with van der Waals surface area (Å²) >= 11 is 6.37. The van der Waals surface area contributed by atoms with E-state index in [0.29, 0.717) is 29.2 Å². The Morgan fingerprint density at radius 1 is 1.20 bits per heavy atom. The monoisotopic (exact) mass is 502 g/mol. The maximum absolute atomic E-state index is 13.0. The fourth-order valence-electron chi connectivity index (χ4n) is 4.25. The number of aromatic amines is 1. The largest absolute Gasteiger partial charge is 0.444 e. The van der Waals surface area contributed by atoms with Crippen molar-refractivity contribution >= 4 is 23.6 Å². The summed E-state index contributed by atoms with van der Waals surface area (Å²) < 4.78 is 5.41. The number of hydrogen-bond donors (Lipinski definition) is 3. The Bertz CT molecular complexity index is 1180. The van der Waals surface area contributed by atoms with E-state index in [1.165, 1.54) is 0 Å². The third kappa shape index (κ3) is 6.64. The zero-order chi connectivity index (χ0) is 26.1. The molecule has 1 saturated heterocycles. The molecule has 0 spiro atoms. The van der Waals surface area contributed by atoms with Crippen LogP contribution in [0.5, 0.6) is 0 Å². The molecule has 1 aromatic carbocycles. The lowest BCUT2D eigenvalue weighted by Gasteiger charge is -2.41. The minimum Gasteiger partial charge on any atom is -0.444 e. The number of carbonyl (C=O) groups excluding carboxylic acids is 2. The minimum absolute atomic E-state index is 0.0896. The number of nitrogens with one attached hydrogen (secondary N) is 3. The number of H-pyrrole nitrogens is 1. The van der Waals surface area contributed by atoms with E-state index in [9.17, 15) is 14.4 Å². The van der Waals surface area contributed by atoms with Gasteiger partial charge in [0.05, 0.1) is 0 Å². The van der Waals surface area contributed by atoms with Gasteiger partial charge in [0.2, 0.25) is 0 Å². The summed E-state index contributed by atoms with van der Waals surface area (Å²) in [4.78, 5) is 41.9. The summed E-state index contributed by atoms with van der Waals surface area (Å²) in [7, 11) is 0. The Morgan fingerprint density at radius 2 is 1.86 bits per heavy atom. The van der Waals surface area contributed by atoms with E-state index >= 15 is 0 Å². The molecule has 1 aliphatic rings. The van der Waals surface area contributed by atoms with Crippen molar-refractivity contribution in [2.45, 2.75) is 72.7 Å². The molecule has 1 unspecified atom stereocenters. The topological polar surface area (TPSA) is 104 Å². The molecule has 35 heavy (non-hydrogen) atoms. The van der Waals surface area contributed by atoms with Crippen molar-refractivity contribution in [2.24, 2.45) is 0 Å². The second-order valence-electron chi connectivity index (χ2n) is 10.3. The SMILES string of the molecule is Cc1cc(C)c(CNC(=O)c2cc(Cl)cc(C(C)NC3CN(C(=O)OC(C)(C)C)C3)c2C)c(=O)[nH]1. The first kappa shape index (κ1) is 26.8. The molecule has 8 nitrogen and oxygen atoms in total. The van der Waals surface area contributed by atoms with Crippen LogP contribution in [0.3, 0.4) is 0 Å². The number of pyridine rings is 1. The molecule has 2 aromatic rings. The summed E-state index contributed by atoms with van der Waals surface area (Å²) in [5, 5.41) is 6.82. The highest BCUT2D eigenvalue weighted by Gasteiger charge is 2.34. The van der Waals surface area contributed by atoms with Gasteiger partial charge in [0.15, 0.2) is 0 Å². The number of benzene rings is 1. The number of likely N-dealkylation sites (tertiary alicyclic amines) is 1. The quantitative estimate of drug-likeness (QED) is 0.550. The van der Waals surface area contributed by atoms with E-state index in [0.717, 1.165) is 22.4 Å². The van der Waals surface area contributed by atoms with Crippen LogP contribution in [0.25, 0.3) is 0 Å². The Morgan fingerprint density at radius 3 is 2.46 bits per heavy atom. The number of amides is 2. The number of hydrogen-bond acceptors (Lipinski definition) is 5. The molecule has 0 radical (unpaired) electrons. The first-order valence-corrected chi connectivity index (χ1v) is 12.1. The molecule has 2 amide bonds. The van der Waals surface area contributed by atoms with Gasteiger partial charge < -0.3 is 25.3 Å². The standard InChI is InChI=1S/C26H35ClN4O4/c1-14-8-15(2)29-24(33)22(14)11-28-23(32)21-10-18(27)9-20(16(21)3)17(4)30-19-12-31(13-19)25(34)35-26(5,6)7/h8-10,17,19,30H,11-13H2,1-7H3,(H,28,32)(H,29,33). The maximum Gasteiger partial charge on any atom is 0.410 e. The van der Waals surface area contributed by atoms with Gasteiger partial charge in [0.1, 0.15) is 5.60 Å². The first-order valence-electron chi connectivity index (χ1n) is 11.8. The van der Waals surface area contributed by atoms with E-state index in [1.54, 1.807) is 11.0 Å². The highest BCUT2D eigenvalue weighted by molar-refractivity contribution is 6.31. The van der Waals surface area contributed by atoms with Crippen LogP contribution >= 0.6 is 11.6 Å². The fourth-order valence-corrected chi connectivity index (χ4v) is 4.48. The minimum atomic E-state index is -0.524. The number of rotatable bonds is 6. The third-order valence-electron chi connectivity index (χ3n) is 6.06. The van der Waals surface area contributed by atoms with Gasteiger partial charge in [-0.05, 0) is 83.4 Å². The molecule has 0 aliphatic carbocycles. The van der Waals surface area contributed by atoms with Crippen molar-refractivity contribution < 1.29 is 14.3 Å². The van der Waals surface area contributed by atoms with Gasteiger partial charge >= 0.3 is 6.09 Å². The van der Waals surface area contributed by atoms with Crippen LogP contribution in [0.2, 0.25) is 5.02 Å². The van der Waals surface area contributed by atoms with Gasteiger partial charge in [-0.15, -0.1) is 0 Å². The molecule has 3 rings (SSSR count). The number of halogens is 1. The Labute approximate surface area is 211 Å². The zero-order valence-corrected chi connectivity index (χ0v) is 22.2. The molecule has 1 fully saturated rings. The molecule has 0 saturated carbocycles. The van der Waals surface area contributed by atoms with Crippen LogP contribution in [0.4, 0.5) is 4.79 Å². The van der Waals surface area contributed by atoms with Crippen LogP contribution < -0.4 is 16.2 Å². The van der Waals surface area contributed by atoms with Gasteiger partial charge in [0.25, 0.3) is 11.5 Å². The molecule has 0 bridgehead atoms. The van der Waals surface area contributed by atoms with Crippen LogP contribution in [0.1, 0.15) is 72.0 Å². The van der Waals surface area contributed by atoms with Gasteiger partial charge in [-0.2, -0.15) is 0 Å². The van der Waals surface area contributed by atoms with Crippen molar-refractivity contribution in [3.8, 4) is 0 Å². The third-order valence-corrected chi connectivity index (χ3v) is 6.28. The summed E-state index contributed by atoms with van der Waals surface area (Å²) in [5.41, 5.74) is 3.58. The molecule has 2 heterocycles. The molecule has 1 aliphatic heterocycles. The number of aromatic nitrogens is 1. The predicted molar refractivity (Wildman–Crippen MR) is 137 cm³/mol. The highest BCUT2D eigenvalue weighted by atomic mass is 35.5. The number of carbonyl (C=O) groups is 2. The first-order chi connectivity index (χ1) is 16.2. The summed E-state index contributed by atoms with van der Waals surface area (Å²) in [5.74, 6) is -0.294. The van der Waals surface area contributed by atoms with Crippen LogP contribution in [0, 0.1) is 20.8 Å². The molecule has 1 atom stereocenters. The predicted octanol–water partition coefficient (Wildman–Crippen LogP) is 4.15. The second kappa shape index (κ2) is 10.4. The molecule has 190 valence electrons. The smallest absolute Gasteiger partial charge is 0.410 e. The van der Waals surface area contributed by atoms with Gasteiger partial charge in [-0.1, -0.05) is 11.6 Å². The molecule has 9 heteroatoms. The average molecular weight is 503 g/mol. The van der Waals surface area contributed by atoms with E-state index in [2.05, 4.69) is 15.6 Å². The van der Waals surface area contributed by atoms with E-state index < -0.39 is 5.60 Å². The van der Waals surface area contributed by atoms with Crippen LogP contribution in [-0.2, 0) is 11.3 Å². The fraction of sp³-hybridized carbons (Fsp3) is 0.500. The van der Waals surface area contributed by atoms with Gasteiger partial charge in [-0.25, -0.2) is 4.79 Å². The molecular formula is C26H35ClN4O4.